The van der Waals surface area contributed by atoms with E-state index in [1.165, 1.54) is 11.1 Å². The van der Waals surface area contributed by atoms with E-state index in [4.69, 9.17) is 9.41 Å². The number of furan rings is 1. The zero-order chi connectivity index (χ0) is 17.1. The second-order valence-electron chi connectivity index (χ2n) is 6.26. The van der Waals surface area contributed by atoms with Gasteiger partial charge in [-0.15, -0.1) is 24.8 Å². The monoisotopic (exact) mass is 400 g/mol. The second kappa shape index (κ2) is 9.54. The summed E-state index contributed by atoms with van der Waals surface area (Å²) >= 11 is 0. The van der Waals surface area contributed by atoms with Crippen LogP contribution in [0, 0.1) is 6.92 Å². The highest BCUT2D eigenvalue weighted by Gasteiger charge is 2.15. The van der Waals surface area contributed by atoms with Crippen LogP contribution in [0.1, 0.15) is 29.7 Å². The molecule has 0 atom stereocenters. The third kappa shape index (κ3) is 4.68. The minimum atomic E-state index is 0. The first kappa shape index (κ1) is 20.9. The van der Waals surface area contributed by atoms with Crippen molar-refractivity contribution in [1.82, 2.24) is 4.98 Å². The molecule has 0 spiro atoms. The molecule has 3 nitrogen and oxygen atoms in total. The molecular weight excluding hydrogens is 379 g/mol. The van der Waals surface area contributed by atoms with E-state index in [1.807, 2.05) is 36.5 Å². The van der Waals surface area contributed by atoms with Crippen LogP contribution in [0.3, 0.4) is 0 Å². The van der Waals surface area contributed by atoms with Crippen molar-refractivity contribution in [2.75, 3.05) is 6.54 Å². The number of pyridine rings is 1. The Hall–Kier alpha value is -2.36. The molecule has 5 heteroatoms. The summed E-state index contributed by atoms with van der Waals surface area (Å²) in [6, 6.07) is 16.4. The highest BCUT2D eigenvalue weighted by Crippen LogP contribution is 2.28. The van der Waals surface area contributed by atoms with E-state index in [9.17, 15) is 0 Å². The molecule has 0 aliphatic carbocycles. The molecule has 3 heterocycles. The van der Waals surface area contributed by atoms with Crippen molar-refractivity contribution in [3.63, 3.8) is 0 Å². The minimum absolute atomic E-state index is 0. The van der Waals surface area contributed by atoms with Gasteiger partial charge in [0.05, 0.1) is 5.71 Å². The molecule has 3 aromatic rings. The number of hydrogen-bond donors (Lipinski definition) is 0. The summed E-state index contributed by atoms with van der Waals surface area (Å²) < 4.78 is 6.09. The van der Waals surface area contributed by atoms with Gasteiger partial charge in [-0.05, 0) is 61.2 Å². The fourth-order valence-corrected chi connectivity index (χ4v) is 3.20. The molecule has 0 unspecified atom stereocenters. The first-order valence-corrected chi connectivity index (χ1v) is 8.63. The lowest BCUT2D eigenvalue weighted by molar-refractivity contribution is 0.570. The third-order valence-corrected chi connectivity index (χ3v) is 4.47. The van der Waals surface area contributed by atoms with Gasteiger partial charge in [-0.3, -0.25) is 9.98 Å². The maximum absolute atomic E-state index is 6.09. The van der Waals surface area contributed by atoms with Crippen LogP contribution >= 0.6 is 24.8 Å². The van der Waals surface area contributed by atoms with Gasteiger partial charge >= 0.3 is 0 Å². The van der Waals surface area contributed by atoms with E-state index in [1.54, 1.807) is 6.20 Å². The van der Waals surface area contributed by atoms with Crippen LogP contribution in [-0.4, -0.2) is 17.2 Å². The van der Waals surface area contributed by atoms with E-state index >= 15 is 0 Å². The Morgan fingerprint density at radius 2 is 1.85 bits per heavy atom. The van der Waals surface area contributed by atoms with Crippen molar-refractivity contribution in [2.24, 2.45) is 4.99 Å². The molecule has 2 aromatic heterocycles. The van der Waals surface area contributed by atoms with E-state index in [2.05, 4.69) is 36.2 Å². The summed E-state index contributed by atoms with van der Waals surface area (Å²) in [6.07, 6.45) is 7.86. The highest BCUT2D eigenvalue weighted by molar-refractivity contribution is 6.15. The molecule has 0 bridgehead atoms. The van der Waals surface area contributed by atoms with Crippen LogP contribution < -0.4 is 0 Å². The van der Waals surface area contributed by atoms with Crippen molar-refractivity contribution in [2.45, 2.75) is 19.8 Å². The lowest BCUT2D eigenvalue weighted by Crippen LogP contribution is -2.11. The third-order valence-electron chi connectivity index (χ3n) is 4.47. The Bertz CT molecular complexity index is 946. The summed E-state index contributed by atoms with van der Waals surface area (Å²) in [7, 11) is 0. The second-order valence-corrected chi connectivity index (χ2v) is 6.26. The zero-order valence-corrected chi connectivity index (χ0v) is 16.7. The van der Waals surface area contributed by atoms with Gasteiger partial charge in [0.1, 0.15) is 11.5 Å². The van der Waals surface area contributed by atoms with Gasteiger partial charge in [-0.25, -0.2) is 0 Å². The normalized spacial score (nSPS) is 14.9. The van der Waals surface area contributed by atoms with Gasteiger partial charge in [-0.2, -0.15) is 0 Å². The van der Waals surface area contributed by atoms with Crippen LogP contribution in [0.25, 0.3) is 17.4 Å². The Kier molecular flexibility index (Phi) is 7.40. The average Bonchev–Trinajstić information content (AvgIpc) is 3.11. The zero-order valence-electron chi connectivity index (χ0n) is 15.1. The Morgan fingerprint density at radius 3 is 2.63 bits per heavy atom. The minimum Gasteiger partial charge on any atom is -0.457 e. The van der Waals surface area contributed by atoms with Crippen molar-refractivity contribution >= 4 is 36.6 Å². The van der Waals surface area contributed by atoms with Crippen LogP contribution in [0.2, 0.25) is 0 Å². The summed E-state index contributed by atoms with van der Waals surface area (Å²) in [5, 5.41) is 0. The van der Waals surface area contributed by atoms with Crippen LogP contribution in [-0.2, 0) is 0 Å². The van der Waals surface area contributed by atoms with Crippen molar-refractivity contribution in [3.8, 4) is 11.3 Å². The predicted octanol–water partition coefficient (Wildman–Crippen LogP) is 6.16. The largest absolute Gasteiger partial charge is 0.457 e. The lowest BCUT2D eigenvalue weighted by Gasteiger charge is -2.15. The maximum Gasteiger partial charge on any atom is 0.135 e. The summed E-state index contributed by atoms with van der Waals surface area (Å²) in [5.74, 6) is 1.77. The number of aryl methyl sites for hydroxylation is 1. The quantitative estimate of drug-likeness (QED) is 0.527. The molecular formula is C22H22Cl2N2O. The van der Waals surface area contributed by atoms with Crippen molar-refractivity contribution in [3.05, 3.63) is 83.4 Å². The topological polar surface area (TPSA) is 38.4 Å². The fourth-order valence-electron chi connectivity index (χ4n) is 3.20. The maximum atomic E-state index is 6.09. The molecule has 0 saturated heterocycles. The first-order valence-electron chi connectivity index (χ1n) is 8.63. The molecule has 4 rings (SSSR count). The van der Waals surface area contributed by atoms with Crippen LogP contribution in [0.4, 0.5) is 0 Å². The number of benzene rings is 1. The van der Waals surface area contributed by atoms with Gasteiger partial charge in [0.15, 0.2) is 0 Å². The lowest BCUT2D eigenvalue weighted by atomic mass is 9.96. The van der Waals surface area contributed by atoms with Gasteiger partial charge in [0.2, 0.25) is 0 Å². The van der Waals surface area contributed by atoms with E-state index < -0.39 is 0 Å². The Morgan fingerprint density at radius 1 is 1.00 bits per heavy atom. The van der Waals surface area contributed by atoms with Gasteiger partial charge in [-0.1, -0.05) is 24.3 Å². The number of halogens is 2. The first-order chi connectivity index (χ1) is 12.3. The number of nitrogens with zero attached hydrogens (tertiary/aromatic N) is 2. The van der Waals surface area contributed by atoms with Crippen molar-refractivity contribution in [1.29, 1.82) is 0 Å². The molecule has 0 saturated carbocycles. The highest BCUT2D eigenvalue weighted by atomic mass is 35.5. The SMILES string of the molecule is Cc1ccccc1-c1ccc(/C=C2\CCCN=C2c2cccnc2)o1.Cl.Cl. The number of hydrogen-bond acceptors (Lipinski definition) is 3. The Labute approximate surface area is 172 Å². The smallest absolute Gasteiger partial charge is 0.135 e. The van der Waals surface area contributed by atoms with E-state index in [-0.39, 0.29) is 24.8 Å². The molecule has 0 amide bonds. The molecule has 1 aliphatic rings. The molecule has 0 fully saturated rings. The van der Waals surface area contributed by atoms with Gasteiger partial charge in [0.25, 0.3) is 0 Å². The summed E-state index contributed by atoms with van der Waals surface area (Å²) in [5.41, 5.74) is 5.67. The molecule has 140 valence electrons. The van der Waals surface area contributed by atoms with Crippen LogP contribution in [0.15, 0.2) is 75.9 Å². The van der Waals surface area contributed by atoms with Gasteiger partial charge < -0.3 is 4.42 Å². The van der Waals surface area contributed by atoms with Crippen molar-refractivity contribution < 1.29 is 4.42 Å². The molecule has 0 radical (unpaired) electrons. The predicted molar refractivity (Wildman–Crippen MR) is 116 cm³/mol. The standard InChI is InChI=1S/C22H20N2O.2ClH/c1-16-6-2-3-9-20(16)21-11-10-19(25-21)14-17-7-5-13-24-22(17)18-8-4-12-23-15-18;;/h2-4,6,8-12,14-15H,5,7,13H2,1H3;2*1H/b17-14+;;. The number of aliphatic imine (C=N–C) groups is 1. The number of aromatic nitrogens is 1. The molecule has 1 aliphatic heterocycles. The Balaban J connectivity index is 0.00000131. The average molecular weight is 401 g/mol. The summed E-state index contributed by atoms with van der Waals surface area (Å²) in [4.78, 5) is 8.95. The van der Waals surface area contributed by atoms with E-state index in [0.29, 0.717) is 0 Å². The number of allylic oxidation sites excluding steroid dienone is 1. The molecule has 27 heavy (non-hydrogen) atoms. The number of rotatable bonds is 3. The van der Waals surface area contributed by atoms with E-state index in [0.717, 1.165) is 47.7 Å². The molecule has 0 N–H and O–H groups in total. The summed E-state index contributed by atoms with van der Waals surface area (Å²) in [6.45, 7) is 2.97. The fraction of sp³-hybridized carbons (Fsp3) is 0.182. The van der Waals surface area contributed by atoms with Gasteiger partial charge in [0, 0.05) is 30.1 Å². The molecule has 1 aromatic carbocycles. The van der Waals surface area contributed by atoms with Crippen LogP contribution in [0.5, 0.6) is 0 Å².